The quantitative estimate of drug-likeness (QED) is 0.371. The summed E-state index contributed by atoms with van der Waals surface area (Å²) in [5.41, 5.74) is 1.09. The molecule has 0 aromatic rings. The van der Waals surface area contributed by atoms with Crippen LogP contribution in [0.15, 0.2) is 23.5 Å². The molecule has 0 fully saturated rings. The topological polar surface area (TPSA) is 35.2 Å². The molecule has 0 aromatic heterocycles. The molecule has 58 valence electrons. The Labute approximate surface area is 62.3 Å². The highest BCUT2D eigenvalue weighted by Gasteiger charge is 1.95. The number of nitrogens with two attached hydrogens (primary N) is 1. The summed E-state index contributed by atoms with van der Waals surface area (Å²) < 4.78 is 0. The summed E-state index contributed by atoms with van der Waals surface area (Å²) >= 11 is 0. The van der Waals surface area contributed by atoms with Gasteiger partial charge in [0.2, 0.25) is 0 Å². The third-order valence-electron chi connectivity index (χ3n) is 1.29. The molecule has 0 radical (unpaired) electrons. The fourth-order valence-corrected chi connectivity index (χ4v) is 0.795. The Morgan fingerprint density at radius 1 is 1.60 bits per heavy atom. The lowest BCUT2D eigenvalue weighted by Gasteiger charge is -2.02. The van der Waals surface area contributed by atoms with Crippen molar-refractivity contribution in [2.75, 3.05) is 0 Å². The molecule has 0 spiro atoms. The zero-order chi connectivity index (χ0) is 7.98. The predicted octanol–water partition coefficient (Wildman–Crippen LogP) is 2.14. The summed E-state index contributed by atoms with van der Waals surface area (Å²) in [6, 6.07) is 0. The Morgan fingerprint density at radius 3 is 2.50 bits per heavy atom. The third-order valence-corrected chi connectivity index (χ3v) is 1.29. The van der Waals surface area contributed by atoms with E-state index in [-0.39, 0.29) is 0 Å². The minimum atomic E-state index is 0.752. The number of hydrogen-bond donors (Lipinski definition) is 1. The second-order valence-corrected chi connectivity index (χ2v) is 2.07. The van der Waals surface area contributed by atoms with E-state index in [0.717, 1.165) is 17.8 Å². The molecular weight excluding hydrogens is 126 g/mol. The van der Waals surface area contributed by atoms with Crippen LogP contribution in [0.5, 0.6) is 0 Å². The number of hydrogen-bond acceptors (Lipinski definition) is 2. The lowest BCUT2D eigenvalue weighted by Crippen LogP contribution is -1.99. The van der Waals surface area contributed by atoms with E-state index in [0.29, 0.717) is 0 Å². The van der Waals surface area contributed by atoms with Crippen LogP contribution in [-0.4, -0.2) is 0 Å². The summed E-state index contributed by atoms with van der Waals surface area (Å²) in [6.45, 7) is 5.95. The molecule has 10 heavy (non-hydrogen) atoms. The van der Waals surface area contributed by atoms with Crippen molar-refractivity contribution in [2.45, 2.75) is 27.2 Å². The Hall–Kier alpha value is -0.760. The first kappa shape index (κ1) is 9.24. The second kappa shape index (κ2) is 5.06. The van der Waals surface area contributed by atoms with Gasteiger partial charge in [-0.1, -0.05) is 13.0 Å². The Morgan fingerprint density at radius 2 is 2.20 bits per heavy atom. The second-order valence-electron chi connectivity index (χ2n) is 2.07. The Balaban J connectivity index is 4.16. The Bertz CT molecular complexity index is 147. The van der Waals surface area contributed by atoms with Gasteiger partial charge >= 0.3 is 0 Å². The van der Waals surface area contributed by atoms with Gasteiger partial charge in [-0.15, -0.1) is 0 Å². The normalized spacial score (nSPS) is 13.6. The molecule has 2 heteroatoms. The fourth-order valence-electron chi connectivity index (χ4n) is 0.795. The van der Waals surface area contributed by atoms with Gasteiger partial charge in [-0.05, 0) is 31.9 Å². The minimum Gasteiger partial charge on any atom is -0.412 e. The first-order valence-corrected chi connectivity index (χ1v) is 3.46. The van der Waals surface area contributed by atoms with Gasteiger partial charge in [0, 0.05) is 0 Å². The van der Waals surface area contributed by atoms with Crippen molar-refractivity contribution in [3.8, 4) is 0 Å². The molecule has 0 unspecified atom stereocenters. The van der Waals surface area contributed by atoms with Crippen molar-refractivity contribution in [3.63, 3.8) is 0 Å². The molecule has 0 heterocycles. The number of rotatable bonds is 3. The van der Waals surface area contributed by atoms with Gasteiger partial charge in [-0.3, -0.25) is 0 Å². The number of allylic oxidation sites excluding steroid dienone is 3. The van der Waals surface area contributed by atoms with E-state index in [1.165, 1.54) is 0 Å². The largest absolute Gasteiger partial charge is 0.412 e. The van der Waals surface area contributed by atoms with Crippen LogP contribution < -0.4 is 5.90 Å². The van der Waals surface area contributed by atoms with Crippen LogP contribution in [0.2, 0.25) is 0 Å². The molecule has 2 nitrogen and oxygen atoms in total. The fraction of sp³-hybridized carbons (Fsp3) is 0.500. The van der Waals surface area contributed by atoms with E-state index in [9.17, 15) is 0 Å². The van der Waals surface area contributed by atoms with Crippen molar-refractivity contribution in [3.05, 3.63) is 23.5 Å². The molecular formula is C8H15NO. The van der Waals surface area contributed by atoms with Gasteiger partial charge in [-0.25, -0.2) is 0 Å². The Kier molecular flexibility index (Phi) is 4.67. The molecule has 0 aliphatic rings. The molecule has 0 saturated carbocycles. The van der Waals surface area contributed by atoms with Crippen LogP contribution in [0.25, 0.3) is 0 Å². The summed E-state index contributed by atoms with van der Waals surface area (Å²) in [6.07, 6.45) is 4.93. The van der Waals surface area contributed by atoms with Crippen LogP contribution in [-0.2, 0) is 4.84 Å². The molecule has 0 bridgehead atoms. The average molecular weight is 141 g/mol. The molecule has 0 aromatic carbocycles. The SMILES string of the molecule is C/C=C(ON)\C(C)=C/CC. The first-order valence-electron chi connectivity index (χ1n) is 3.46. The van der Waals surface area contributed by atoms with Gasteiger partial charge < -0.3 is 4.84 Å². The highest BCUT2D eigenvalue weighted by molar-refractivity contribution is 5.22. The third kappa shape index (κ3) is 2.69. The van der Waals surface area contributed by atoms with Crippen LogP contribution in [0.4, 0.5) is 0 Å². The van der Waals surface area contributed by atoms with Crippen molar-refractivity contribution in [1.82, 2.24) is 0 Å². The predicted molar refractivity (Wildman–Crippen MR) is 43.1 cm³/mol. The zero-order valence-corrected chi connectivity index (χ0v) is 6.85. The maximum atomic E-state index is 5.01. The maximum Gasteiger partial charge on any atom is 0.145 e. The molecule has 0 aliphatic heterocycles. The van der Waals surface area contributed by atoms with Gasteiger partial charge in [0.15, 0.2) is 0 Å². The summed E-state index contributed by atoms with van der Waals surface area (Å²) in [4.78, 5) is 4.61. The van der Waals surface area contributed by atoms with E-state index in [1.54, 1.807) is 0 Å². The highest BCUT2D eigenvalue weighted by atomic mass is 16.6. The highest BCUT2D eigenvalue weighted by Crippen LogP contribution is 2.08. The zero-order valence-electron chi connectivity index (χ0n) is 6.85. The van der Waals surface area contributed by atoms with E-state index >= 15 is 0 Å². The minimum absolute atomic E-state index is 0.752. The molecule has 2 N–H and O–H groups in total. The van der Waals surface area contributed by atoms with Crippen molar-refractivity contribution >= 4 is 0 Å². The maximum absolute atomic E-state index is 5.01. The van der Waals surface area contributed by atoms with Gasteiger partial charge in [0.25, 0.3) is 0 Å². The molecule has 0 saturated heterocycles. The smallest absolute Gasteiger partial charge is 0.145 e. The van der Waals surface area contributed by atoms with Gasteiger partial charge in [-0.2, -0.15) is 5.90 Å². The van der Waals surface area contributed by atoms with Crippen LogP contribution >= 0.6 is 0 Å². The van der Waals surface area contributed by atoms with E-state index in [4.69, 9.17) is 5.90 Å². The van der Waals surface area contributed by atoms with Crippen LogP contribution in [0.3, 0.4) is 0 Å². The molecule has 0 aliphatic carbocycles. The van der Waals surface area contributed by atoms with Crippen molar-refractivity contribution in [1.29, 1.82) is 0 Å². The van der Waals surface area contributed by atoms with E-state index in [2.05, 4.69) is 17.8 Å². The van der Waals surface area contributed by atoms with E-state index < -0.39 is 0 Å². The monoisotopic (exact) mass is 141 g/mol. The summed E-state index contributed by atoms with van der Waals surface area (Å²) in [7, 11) is 0. The van der Waals surface area contributed by atoms with Crippen LogP contribution in [0.1, 0.15) is 27.2 Å². The van der Waals surface area contributed by atoms with Crippen molar-refractivity contribution in [2.24, 2.45) is 5.90 Å². The lowest BCUT2D eigenvalue weighted by atomic mass is 10.2. The van der Waals surface area contributed by atoms with Crippen LogP contribution in [0, 0.1) is 0 Å². The van der Waals surface area contributed by atoms with E-state index in [1.807, 2.05) is 19.9 Å². The first-order chi connectivity index (χ1) is 4.76. The summed E-state index contributed by atoms with van der Waals surface area (Å²) in [5, 5.41) is 0. The van der Waals surface area contributed by atoms with Gasteiger partial charge in [0.1, 0.15) is 5.76 Å². The average Bonchev–Trinajstić information content (AvgIpc) is 1.91. The molecule has 0 rings (SSSR count). The van der Waals surface area contributed by atoms with Crippen molar-refractivity contribution < 1.29 is 4.84 Å². The summed E-state index contributed by atoms with van der Waals surface area (Å²) in [5.74, 6) is 5.76. The lowest BCUT2D eigenvalue weighted by molar-refractivity contribution is 0.228. The van der Waals surface area contributed by atoms with Gasteiger partial charge in [0.05, 0.1) is 0 Å². The molecule has 0 atom stereocenters. The standard InChI is InChI=1S/C8H15NO/c1-4-6-7(3)8(5-2)10-9/h5-6H,4,9H2,1-3H3/b7-6-,8-5+. The molecule has 0 amide bonds.